The van der Waals surface area contributed by atoms with Gasteiger partial charge in [-0.15, -0.1) is 0 Å². The maximum Gasteiger partial charge on any atom is 0.126 e. The third-order valence-corrected chi connectivity index (χ3v) is 3.77. The fraction of sp³-hybridized carbons (Fsp3) is 0.706. The molecule has 0 saturated heterocycles. The van der Waals surface area contributed by atoms with Crippen molar-refractivity contribution < 1.29 is 4.74 Å². The van der Waals surface area contributed by atoms with Gasteiger partial charge in [-0.05, 0) is 31.4 Å². The Balaban J connectivity index is 2.72. The molecule has 0 fully saturated rings. The molecule has 0 aliphatic heterocycles. The van der Waals surface area contributed by atoms with Crippen LogP contribution >= 0.6 is 0 Å². The van der Waals surface area contributed by atoms with Crippen molar-refractivity contribution in [1.82, 2.24) is 9.88 Å². The lowest BCUT2D eigenvalue weighted by molar-refractivity contribution is 0.109. The van der Waals surface area contributed by atoms with Crippen molar-refractivity contribution in [1.29, 1.82) is 0 Å². The Bertz CT molecular complexity index is 380. The van der Waals surface area contributed by atoms with Gasteiger partial charge < -0.3 is 10.1 Å². The van der Waals surface area contributed by atoms with Crippen LogP contribution in [0.5, 0.6) is 0 Å². The van der Waals surface area contributed by atoms with Gasteiger partial charge in [-0.3, -0.25) is 4.90 Å². The Morgan fingerprint density at radius 3 is 2.62 bits per heavy atom. The summed E-state index contributed by atoms with van der Waals surface area (Å²) in [7, 11) is 1.76. The summed E-state index contributed by atoms with van der Waals surface area (Å²) in [6, 6.07) is 6.82. The van der Waals surface area contributed by atoms with E-state index in [0.717, 1.165) is 57.0 Å². The Morgan fingerprint density at radius 1 is 1.24 bits per heavy atom. The molecule has 1 aromatic rings. The number of aromatic nitrogens is 1. The van der Waals surface area contributed by atoms with E-state index >= 15 is 0 Å². The van der Waals surface area contributed by atoms with E-state index in [-0.39, 0.29) is 0 Å². The second kappa shape index (κ2) is 10.6. The van der Waals surface area contributed by atoms with E-state index in [9.17, 15) is 0 Å². The second-order valence-electron chi connectivity index (χ2n) is 5.37. The lowest BCUT2D eigenvalue weighted by Crippen LogP contribution is -2.36. The standard InChI is InChI=1S/C17H31N3O/c1-5-11-18-17-10-8-9-15(19-17)14-20(12-13-21-4)16(6-2)7-3/h8-10,16H,5-7,11-14H2,1-4H3,(H,18,19). The third kappa shape index (κ3) is 6.44. The van der Waals surface area contributed by atoms with Crippen LogP contribution in [0.1, 0.15) is 45.7 Å². The second-order valence-corrected chi connectivity index (χ2v) is 5.37. The van der Waals surface area contributed by atoms with Crippen LogP contribution < -0.4 is 5.32 Å². The van der Waals surface area contributed by atoms with E-state index in [4.69, 9.17) is 9.72 Å². The number of pyridine rings is 1. The first kappa shape index (κ1) is 17.9. The topological polar surface area (TPSA) is 37.4 Å². The molecule has 0 bridgehead atoms. The fourth-order valence-electron chi connectivity index (χ4n) is 2.53. The summed E-state index contributed by atoms with van der Waals surface area (Å²) in [6.07, 6.45) is 3.43. The average Bonchev–Trinajstić information content (AvgIpc) is 2.52. The summed E-state index contributed by atoms with van der Waals surface area (Å²) >= 11 is 0. The molecule has 0 saturated carbocycles. The van der Waals surface area contributed by atoms with Crippen molar-refractivity contribution in [3.8, 4) is 0 Å². The molecule has 21 heavy (non-hydrogen) atoms. The number of nitrogens with zero attached hydrogens (tertiary/aromatic N) is 2. The van der Waals surface area contributed by atoms with Gasteiger partial charge in [-0.25, -0.2) is 4.98 Å². The van der Waals surface area contributed by atoms with Gasteiger partial charge in [0.15, 0.2) is 0 Å². The predicted octanol–water partition coefficient (Wildman–Crippen LogP) is 3.54. The zero-order valence-electron chi connectivity index (χ0n) is 14.1. The van der Waals surface area contributed by atoms with Crippen LogP contribution in [0.2, 0.25) is 0 Å². The van der Waals surface area contributed by atoms with Crippen LogP contribution in [-0.2, 0) is 11.3 Å². The largest absolute Gasteiger partial charge is 0.383 e. The Labute approximate surface area is 129 Å². The van der Waals surface area contributed by atoms with Crippen LogP contribution in [-0.4, -0.2) is 42.7 Å². The highest BCUT2D eigenvalue weighted by molar-refractivity contribution is 5.35. The number of methoxy groups -OCH3 is 1. The van der Waals surface area contributed by atoms with Crippen molar-refractivity contribution in [2.75, 3.05) is 32.1 Å². The Kier molecular flexibility index (Phi) is 9.02. The van der Waals surface area contributed by atoms with Gasteiger partial charge in [0.25, 0.3) is 0 Å². The zero-order valence-corrected chi connectivity index (χ0v) is 14.1. The molecule has 0 radical (unpaired) electrons. The minimum atomic E-state index is 0.592. The first-order valence-corrected chi connectivity index (χ1v) is 8.17. The molecule has 0 atom stereocenters. The number of ether oxygens (including phenoxy) is 1. The molecule has 4 heteroatoms. The van der Waals surface area contributed by atoms with Crippen molar-refractivity contribution in [2.45, 2.75) is 52.6 Å². The minimum absolute atomic E-state index is 0.592. The molecule has 120 valence electrons. The SMILES string of the molecule is CCCNc1cccc(CN(CCOC)C(CC)CC)n1. The first-order valence-electron chi connectivity index (χ1n) is 8.17. The Hall–Kier alpha value is -1.13. The van der Waals surface area contributed by atoms with Crippen LogP contribution in [0.25, 0.3) is 0 Å². The van der Waals surface area contributed by atoms with Crippen LogP contribution in [0.3, 0.4) is 0 Å². The van der Waals surface area contributed by atoms with E-state index in [0.29, 0.717) is 6.04 Å². The number of anilines is 1. The first-order chi connectivity index (χ1) is 10.2. The Morgan fingerprint density at radius 2 is 2.00 bits per heavy atom. The van der Waals surface area contributed by atoms with Gasteiger partial charge >= 0.3 is 0 Å². The number of hydrogen-bond donors (Lipinski definition) is 1. The summed E-state index contributed by atoms with van der Waals surface area (Å²) in [5.41, 5.74) is 1.12. The quantitative estimate of drug-likeness (QED) is 0.677. The molecule has 1 heterocycles. The van der Waals surface area contributed by atoms with Gasteiger partial charge in [0.1, 0.15) is 5.82 Å². The van der Waals surface area contributed by atoms with Crippen LogP contribution in [0.15, 0.2) is 18.2 Å². The fourth-order valence-corrected chi connectivity index (χ4v) is 2.53. The average molecular weight is 293 g/mol. The lowest BCUT2D eigenvalue weighted by Gasteiger charge is -2.30. The van der Waals surface area contributed by atoms with E-state index < -0.39 is 0 Å². The lowest BCUT2D eigenvalue weighted by atomic mass is 10.1. The van der Waals surface area contributed by atoms with E-state index in [1.807, 2.05) is 6.07 Å². The van der Waals surface area contributed by atoms with Gasteiger partial charge in [0.05, 0.1) is 12.3 Å². The summed E-state index contributed by atoms with van der Waals surface area (Å²) in [4.78, 5) is 7.20. The molecule has 0 aliphatic carbocycles. The maximum absolute atomic E-state index is 5.25. The number of nitrogens with one attached hydrogen (secondary N) is 1. The summed E-state index contributed by atoms with van der Waals surface area (Å²) in [5, 5.41) is 3.35. The van der Waals surface area contributed by atoms with Crippen molar-refractivity contribution in [2.24, 2.45) is 0 Å². The van der Waals surface area contributed by atoms with Crippen molar-refractivity contribution in [3.63, 3.8) is 0 Å². The molecule has 1 aromatic heterocycles. The highest BCUT2D eigenvalue weighted by Crippen LogP contribution is 2.14. The van der Waals surface area contributed by atoms with Gasteiger partial charge in [-0.2, -0.15) is 0 Å². The van der Waals surface area contributed by atoms with E-state index in [1.54, 1.807) is 7.11 Å². The molecule has 0 spiro atoms. The zero-order chi connectivity index (χ0) is 15.5. The summed E-state index contributed by atoms with van der Waals surface area (Å²) < 4.78 is 5.25. The van der Waals surface area contributed by atoms with Crippen LogP contribution in [0, 0.1) is 0 Å². The normalized spacial score (nSPS) is 11.3. The van der Waals surface area contributed by atoms with Crippen molar-refractivity contribution >= 4 is 5.82 Å². The molecule has 0 aromatic carbocycles. The molecule has 1 rings (SSSR count). The van der Waals surface area contributed by atoms with Crippen molar-refractivity contribution in [3.05, 3.63) is 23.9 Å². The highest BCUT2D eigenvalue weighted by atomic mass is 16.5. The smallest absolute Gasteiger partial charge is 0.126 e. The number of rotatable bonds is 11. The third-order valence-electron chi connectivity index (χ3n) is 3.77. The molecule has 1 N–H and O–H groups in total. The van der Waals surface area contributed by atoms with Gasteiger partial charge in [0.2, 0.25) is 0 Å². The minimum Gasteiger partial charge on any atom is -0.383 e. The molecule has 0 unspecified atom stereocenters. The molecular formula is C17H31N3O. The van der Waals surface area contributed by atoms with Gasteiger partial charge in [-0.1, -0.05) is 26.8 Å². The van der Waals surface area contributed by atoms with Crippen LogP contribution in [0.4, 0.5) is 5.82 Å². The van der Waals surface area contributed by atoms with Gasteiger partial charge in [0, 0.05) is 32.8 Å². The van der Waals surface area contributed by atoms with E-state index in [1.165, 1.54) is 0 Å². The number of hydrogen-bond acceptors (Lipinski definition) is 4. The molecule has 0 amide bonds. The molecular weight excluding hydrogens is 262 g/mol. The highest BCUT2D eigenvalue weighted by Gasteiger charge is 2.15. The summed E-state index contributed by atoms with van der Waals surface area (Å²) in [6.45, 7) is 10.2. The van der Waals surface area contributed by atoms with E-state index in [2.05, 4.69) is 43.1 Å². The maximum atomic E-state index is 5.25. The molecule has 4 nitrogen and oxygen atoms in total. The molecule has 0 aliphatic rings. The summed E-state index contributed by atoms with van der Waals surface area (Å²) in [5.74, 6) is 0.977. The predicted molar refractivity (Wildman–Crippen MR) is 89.7 cm³/mol. The monoisotopic (exact) mass is 293 g/mol.